The quantitative estimate of drug-likeness (QED) is 0.485. The number of allylic oxidation sites excluding steroid dienone is 1. The lowest BCUT2D eigenvalue weighted by molar-refractivity contribution is 0.287. The third kappa shape index (κ3) is 2.96. The van der Waals surface area contributed by atoms with Gasteiger partial charge in [-0.1, -0.05) is 70.3 Å². The van der Waals surface area contributed by atoms with Crippen LogP contribution in [0, 0.1) is 13.0 Å². The normalized spacial score (nSPS) is 15.8. The highest BCUT2D eigenvalue weighted by Gasteiger charge is 2.23. The topological polar surface area (TPSA) is 12.5 Å². The molecule has 4 rings (SSSR count). The zero-order valence-electron chi connectivity index (χ0n) is 13.2. The molecule has 0 spiro atoms. The Labute approximate surface area is 160 Å². The third-order valence-corrected chi connectivity index (χ3v) is 8.59. The average Bonchev–Trinajstić information content (AvgIpc) is 2.61. The summed E-state index contributed by atoms with van der Waals surface area (Å²) in [5, 5.41) is 0. The van der Waals surface area contributed by atoms with Gasteiger partial charge in [0.25, 0.3) is 0 Å². The molecule has 0 amide bonds. The minimum absolute atomic E-state index is 0.134. The van der Waals surface area contributed by atoms with Crippen LogP contribution in [-0.2, 0) is 6.54 Å². The maximum atomic E-state index is 13.7. The van der Waals surface area contributed by atoms with E-state index in [1.807, 2.05) is 12.1 Å². The highest BCUT2D eigenvalue weighted by atomic mass is 127. The summed E-state index contributed by atoms with van der Waals surface area (Å²) in [5.74, 6) is 0.934. The molecule has 0 saturated heterocycles. The molecular weight excluding hydrogens is 531 g/mol. The number of anilines is 1. The lowest BCUT2D eigenvalue weighted by Gasteiger charge is -2.32. The van der Waals surface area contributed by atoms with Gasteiger partial charge in [0.2, 0.25) is 0 Å². The van der Waals surface area contributed by atoms with Crippen molar-refractivity contribution in [3.05, 3.63) is 60.5 Å². The van der Waals surface area contributed by atoms with E-state index in [4.69, 9.17) is 4.74 Å². The molecule has 2 aromatic rings. The van der Waals surface area contributed by atoms with Gasteiger partial charge < -0.3 is 9.64 Å². The highest BCUT2D eigenvalue weighted by Crippen LogP contribution is 2.39. The van der Waals surface area contributed by atoms with E-state index in [1.54, 1.807) is 6.07 Å². The van der Waals surface area contributed by atoms with Gasteiger partial charge in [-0.25, -0.2) is 4.39 Å². The zero-order valence-corrected chi connectivity index (χ0v) is 17.5. The molecule has 5 heteroatoms. The largest absolute Gasteiger partial charge is 0.472 e. The molecule has 2 aliphatic rings. The van der Waals surface area contributed by atoms with Crippen LogP contribution in [0.2, 0.25) is 0 Å². The van der Waals surface area contributed by atoms with Crippen molar-refractivity contribution >= 4 is 61.2 Å². The Kier molecular flexibility index (Phi) is 4.55. The van der Waals surface area contributed by atoms with Gasteiger partial charge in [-0.2, -0.15) is 0 Å². The Morgan fingerprint density at radius 2 is 2.12 bits per heavy atom. The van der Waals surface area contributed by atoms with E-state index in [9.17, 15) is 4.39 Å². The summed E-state index contributed by atoms with van der Waals surface area (Å²) >= 11 is -0.650. The third-order valence-electron chi connectivity index (χ3n) is 4.08. The lowest BCUT2D eigenvalue weighted by atomic mass is 10.1. The van der Waals surface area contributed by atoms with Crippen LogP contribution in [0.25, 0.3) is 6.08 Å². The first-order valence-corrected chi connectivity index (χ1v) is 12.3. The molecular formula is C19H16FI2NO. The summed E-state index contributed by atoms with van der Waals surface area (Å²) in [4.78, 5) is 2.16. The summed E-state index contributed by atoms with van der Waals surface area (Å²) in [5.41, 5.74) is 3.53. The van der Waals surface area contributed by atoms with E-state index in [1.165, 1.54) is 18.2 Å². The average molecular weight is 547 g/mol. The van der Waals surface area contributed by atoms with E-state index in [0.717, 1.165) is 21.6 Å². The SMILES string of the molecule is C=Ic1cc(N2COc3c(ccc4c3I=C(C)C=C4)C2)ccc1F. The van der Waals surface area contributed by atoms with Gasteiger partial charge in [0.15, 0.2) is 6.73 Å². The van der Waals surface area contributed by atoms with E-state index >= 15 is 0 Å². The fraction of sp³-hybridized carbons (Fsp3) is 0.158. The highest BCUT2D eigenvalue weighted by molar-refractivity contribution is 14.2. The molecule has 0 unspecified atom stereocenters. The summed E-state index contributed by atoms with van der Waals surface area (Å²) in [6, 6.07) is 9.66. The molecule has 2 heterocycles. The monoisotopic (exact) mass is 547 g/mol. The smallest absolute Gasteiger partial charge is 0.161 e. The maximum absolute atomic E-state index is 13.7. The number of nitrogens with zero attached hydrogens (tertiary/aromatic N) is 1. The first-order valence-electron chi connectivity index (χ1n) is 7.54. The van der Waals surface area contributed by atoms with Gasteiger partial charge >= 0.3 is 0 Å². The molecule has 0 saturated carbocycles. The number of hydrogen-bond donors (Lipinski definition) is 0. The van der Waals surface area contributed by atoms with Crippen LogP contribution in [0.3, 0.4) is 0 Å². The molecule has 0 fully saturated rings. The number of benzene rings is 2. The van der Waals surface area contributed by atoms with Crippen LogP contribution in [0.15, 0.2) is 36.4 Å². The number of hydrogen-bond acceptors (Lipinski definition) is 2. The molecule has 24 heavy (non-hydrogen) atoms. The molecule has 2 aliphatic heterocycles. The molecule has 0 N–H and O–H groups in total. The summed E-state index contributed by atoms with van der Waals surface area (Å²) in [7, 11) is 0. The fourth-order valence-electron chi connectivity index (χ4n) is 2.85. The summed E-state index contributed by atoms with van der Waals surface area (Å²) in [6.45, 7) is 3.51. The second-order valence-electron chi connectivity index (χ2n) is 5.68. The van der Waals surface area contributed by atoms with Crippen molar-refractivity contribution in [3.63, 3.8) is 0 Å². The lowest BCUT2D eigenvalue weighted by Crippen LogP contribution is -2.32. The molecule has 0 radical (unpaired) electrons. The Hall–Kier alpha value is -1.09. The summed E-state index contributed by atoms with van der Waals surface area (Å²) in [6.07, 6.45) is 4.41. The van der Waals surface area contributed by atoms with Crippen molar-refractivity contribution in [2.45, 2.75) is 13.5 Å². The van der Waals surface area contributed by atoms with Crippen LogP contribution >= 0.6 is 41.5 Å². The van der Waals surface area contributed by atoms with Gasteiger partial charge in [-0.3, -0.25) is 0 Å². The van der Waals surface area contributed by atoms with Gasteiger partial charge in [-0.15, -0.1) is 0 Å². The van der Waals surface area contributed by atoms with Crippen LogP contribution in [0.5, 0.6) is 5.75 Å². The van der Waals surface area contributed by atoms with E-state index < -0.39 is 20.7 Å². The van der Waals surface area contributed by atoms with E-state index in [0.29, 0.717) is 6.73 Å². The van der Waals surface area contributed by atoms with E-state index in [2.05, 4.69) is 40.6 Å². The molecule has 0 bridgehead atoms. The van der Waals surface area contributed by atoms with Crippen molar-refractivity contribution < 1.29 is 9.13 Å². The van der Waals surface area contributed by atoms with Crippen LogP contribution in [0.1, 0.15) is 18.1 Å². The van der Waals surface area contributed by atoms with Crippen molar-refractivity contribution in [3.8, 4) is 5.75 Å². The Morgan fingerprint density at radius 3 is 2.96 bits per heavy atom. The van der Waals surface area contributed by atoms with Gasteiger partial charge in [0.1, 0.15) is 11.6 Å². The Bertz CT molecular complexity index is 904. The number of rotatable bonds is 2. The van der Waals surface area contributed by atoms with Gasteiger partial charge in [-0.05, 0) is 34.2 Å². The fourth-order valence-corrected chi connectivity index (χ4v) is 6.56. The Morgan fingerprint density at radius 1 is 1.25 bits per heavy atom. The molecule has 124 valence electrons. The van der Waals surface area contributed by atoms with Gasteiger partial charge in [0.05, 0.1) is 3.57 Å². The number of ether oxygens (including phenoxy) is 1. The van der Waals surface area contributed by atoms with Crippen molar-refractivity contribution in [2.24, 2.45) is 0 Å². The van der Waals surface area contributed by atoms with Crippen LogP contribution in [0.4, 0.5) is 10.1 Å². The predicted molar refractivity (Wildman–Crippen MR) is 117 cm³/mol. The molecule has 0 aromatic heterocycles. The second kappa shape index (κ2) is 6.67. The molecule has 0 atom stereocenters. The predicted octanol–water partition coefficient (Wildman–Crippen LogP) is 5.11. The zero-order chi connectivity index (χ0) is 16.7. The maximum Gasteiger partial charge on any atom is 0.161 e. The van der Waals surface area contributed by atoms with Crippen molar-refractivity contribution in [1.82, 2.24) is 0 Å². The van der Waals surface area contributed by atoms with Crippen LogP contribution < -0.4 is 9.64 Å². The Balaban J connectivity index is 1.69. The van der Waals surface area contributed by atoms with Gasteiger partial charge in [0, 0.05) is 21.4 Å². The first kappa shape index (κ1) is 16.4. The van der Waals surface area contributed by atoms with Crippen molar-refractivity contribution in [1.29, 1.82) is 0 Å². The minimum atomic E-state index is -0.516. The van der Waals surface area contributed by atoms with Crippen molar-refractivity contribution in [2.75, 3.05) is 11.6 Å². The summed E-state index contributed by atoms with van der Waals surface area (Å²) < 4.78 is 27.4. The number of halogens is 3. The van der Waals surface area contributed by atoms with Crippen LogP contribution in [-0.4, -0.2) is 14.8 Å². The molecule has 2 aromatic carbocycles. The molecule has 0 aliphatic carbocycles. The number of fused-ring (bicyclic) bond motifs is 3. The minimum Gasteiger partial charge on any atom is -0.472 e. The molecule has 2 nitrogen and oxygen atoms in total. The van der Waals surface area contributed by atoms with E-state index in [-0.39, 0.29) is 26.5 Å². The first-order chi connectivity index (χ1) is 11.7. The standard InChI is InChI=1S/C19H16FI2NO/c1-12-3-4-13-5-6-14-10-23(11-24-19(14)18(13)22-12)15-7-8-16(20)17(9-15)21-2/h3-9H,2,10-11H2,1H3. The second-order valence-corrected chi connectivity index (χ2v) is 10.9.